The van der Waals surface area contributed by atoms with Crippen LogP contribution < -0.4 is 5.32 Å². The summed E-state index contributed by atoms with van der Waals surface area (Å²) in [5.41, 5.74) is 3.91. The molecule has 2 bridgehead atoms. The van der Waals surface area contributed by atoms with Gasteiger partial charge in [-0.15, -0.1) is 0 Å². The highest BCUT2D eigenvalue weighted by molar-refractivity contribution is 5.81. The van der Waals surface area contributed by atoms with Gasteiger partial charge in [0.2, 0.25) is 5.95 Å². The second-order valence-electron chi connectivity index (χ2n) is 8.95. The molecule has 1 N–H and O–H groups in total. The largest absolute Gasteiger partial charge is 0.432 e. The van der Waals surface area contributed by atoms with Crippen LogP contribution in [0.4, 0.5) is 10.3 Å². The van der Waals surface area contributed by atoms with E-state index in [1.165, 1.54) is 25.0 Å². The normalized spacial score (nSPS) is 23.2. The quantitative estimate of drug-likeness (QED) is 0.511. The molecular weight excluding hydrogens is 407 g/mol. The lowest BCUT2D eigenvalue weighted by Crippen LogP contribution is -2.44. The molecule has 0 saturated carbocycles. The third-order valence-electron chi connectivity index (χ3n) is 7.04. The fraction of sp³-hybridized carbons (Fsp3) is 0.375. The summed E-state index contributed by atoms with van der Waals surface area (Å²) < 4.78 is 21.1. The molecule has 1 unspecified atom stereocenters. The second kappa shape index (κ2) is 7.41. The molecule has 8 heteroatoms. The van der Waals surface area contributed by atoms with Crippen molar-refractivity contribution in [2.24, 2.45) is 0 Å². The molecular formula is C24H25FN6O. The van der Waals surface area contributed by atoms with Crippen LogP contribution in [0.25, 0.3) is 28.5 Å². The number of rotatable bonds is 4. The van der Waals surface area contributed by atoms with Crippen molar-refractivity contribution in [3.05, 3.63) is 54.3 Å². The number of fused-ring (bicyclic) bond motifs is 3. The lowest BCUT2D eigenvalue weighted by molar-refractivity contribution is 0.168. The topological polar surface area (TPSA) is 71.5 Å². The first-order valence-corrected chi connectivity index (χ1v) is 11.1. The lowest BCUT2D eigenvalue weighted by atomic mass is 9.98. The molecule has 0 radical (unpaired) electrons. The summed E-state index contributed by atoms with van der Waals surface area (Å²) in [5.74, 6) is 0.826. The summed E-state index contributed by atoms with van der Waals surface area (Å²) in [4.78, 5) is 16.5. The first-order chi connectivity index (χ1) is 15.6. The van der Waals surface area contributed by atoms with Crippen molar-refractivity contribution in [3.8, 4) is 22.6 Å². The highest BCUT2D eigenvalue weighted by Crippen LogP contribution is 2.36. The number of halogens is 1. The van der Waals surface area contributed by atoms with E-state index in [9.17, 15) is 4.39 Å². The monoisotopic (exact) mass is 432 g/mol. The van der Waals surface area contributed by atoms with Gasteiger partial charge in [0.25, 0.3) is 0 Å². The summed E-state index contributed by atoms with van der Waals surface area (Å²) in [6.07, 6.45) is 9.96. The molecule has 0 amide bonds. The molecule has 3 atom stereocenters. The van der Waals surface area contributed by atoms with E-state index < -0.39 is 0 Å². The Morgan fingerprint density at radius 2 is 1.94 bits per heavy atom. The first-order valence-electron chi connectivity index (χ1n) is 11.1. The Morgan fingerprint density at radius 1 is 1.12 bits per heavy atom. The molecule has 2 aliphatic heterocycles. The number of aromatic nitrogens is 4. The number of hydrogen-bond acceptors (Lipinski definition) is 6. The van der Waals surface area contributed by atoms with Crippen LogP contribution in [-0.4, -0.2) is 49.4 Å². The number of hydrogen-bond donors (Lipinski definition) is 1. The van der Waals surface area contributed by atoms with Gasteiger partial charge in [0.1, 0.15) is 23.5 Å². The maximum atomic E-state index is 13.7. The Labute approximate surface area is 185 Å². The Balaban J connectivity index is 1.38. The van der Waals surface area contributed by atoms with E-state index in [1.807, 2.05) is 23.6 Å². The predicted molar refractivity (Wildman–Crippen MR) is 120 cm³/mol. The van der Waals surface area contributed by atoms with Crippen LogP contribution >= 0.6 is 0 Å². The Morgan fingerprint density at radius 3 is 2.72 bits per heavy atom. The smallest absolute Gasteiger partial charge is 0.306 e. The van der Waals surface area contributed by atoms with Crippen molar-refractivity contribution in [3.63, 3.8) is 0 Å². The Hall–Kier alpha value is -3.26. The number of benzene rings is 1. The minimum Gasteiger partial charge on any atom is -0.432 e. The molecule has 5 heterocycles. The lowest BCUT2D eigenvalue weighted by Gasteiger charge is -2.36. The van der Waals surface area contributed by atoms with Crippen molar-refractivity contribution in [2.45, 2.75) is 50.7 Å². The maximum Gasteiger partial charge on any atom is 0.306 e. The van der Waals surface area contributed by atoms with Gasteiger partial charge in [0, 0.05) is 36.1 Å². The molecule has 32 heavy (non-hydrogen) atoms. The van der Waals surface area contributed by atoms with Crippen LogP contribution in [0.1, 0.15) is 31.2 Å². The third-order valence-corrected chi connectivity index (χ3v) is 7.04. The first kappa shape index (κ1) is 19.4. The van der Waals surface area contributed by atoms with Crippen molar-refractivity contribution in [1.82, 2.24) is 24.3 Å². The van der Waals surface area contributed by atoms with E-state index in [-0.39, 0.29) is 5.82 Å². The van der Waals surface area contributed by atoms with Gasteiger partial charge >= 0.3 is 5.84 Å². The van der Waals surface area contributed by atoms with Gasteiger partial charge < -0.3 is 14.6 Å². The van der Waals surface area contributed by atoms with Crippen LogP contribution in [0.2, 0.25) is 0 Å². The zero-order valence-corrected chi connectivity index (χ0v) is 18.1. The van der Waals surface area contributed by atoms with Gasteiger partial charge in [0.05, 0.1) is 5.69 Å². The zero-order chi connectivity index (χ0) is 21.8. The number of nitrogens with zero attached hydrogens (tertiary/aromatic N) is 5. The minimum atomic E-state index is -0.267. The molecule has 2 aliphatic rings. The summed E-state index contributed by atoms with van der Waals surface area (Å²) in [5, 5.41) is 3.57. The average Bonchev–Trinajstić information content (AvgIpc) is 3.40. The molecule has 1 aromatic carbocycles. The van der Waals surface area contributed by atoms with Gasteiger partial charge in [-0.05, 0) is 69.5 Å². The molecule has 2 saturated heterocycles. The minimum absolute atomic E-state index is 0.267. The zero-order valence-electron chi connectivity index (χ0n) is 18.1. The highest BCUT2D eigenvalue weighted by Gasteiger charge is 2.38. The van der Waals surface area contributed by atoms with Crippen molar-refractivity contribution in [1.29, 1.82) is 0 Å². The van der Waals surface area contributed by atoms with E-state index in [2.05, 4.69) is 27.2 Å². The number of imidazole rings is 1. The highest BCUT2D eigenvalue weighted by atomic mass is 19.1. The van der Waals surface area contributed by atoms with Crippen molar-refractivity contribution in [2.75, 3.05) is 12.4 Å². The third kappa shape index (κ3) is 3.17. The molecule has 2 fully saturated rings. The maximum absolute atomic E-state index is 13.7. The van der Waals surface area contributed by atoms with Gasteiger partial charge in [-0.25, -0.2) is 14.4 Å². The molecule has 3 aromatic heterocycles. The fourth-order valence-electron chi connectivity index (χ4n) is 5.38. The number of anilines is 1. The molecule has 164 valence electrons. The number of piperidine rings is 1. The standard InChI is InChI=1S/C24H25FN6O/c1-14-11-15(25)3-6-19(14)21-22(31-9-10-32-24(31)29-21)20-7-8-26-23(28-20)27-16-12-17-4-5-18(13-16)30(17)2/h3,6-11,16-18H,4-5,12-13H2,1-2H3,(H,26,27,28)/t16?,17-,18+. The van der Waals surface area contributed by atoms with E-state index in [0.717, 1.165) is 35.4 Å². The second-order valence-corrected chi connectivity index (χ2v) is 8.95. The van der Waals surface area contributed by atoms with Crippen molar-refractivity contribution < 1.29 is 8.81 Å². The molecule has 6 rings (SSSR count). The van der Waals surface area contributed by atoms with Gasteiger partial charge in [-0.2, -0.15) is 4.98 Å². The van der Waals surface area contributed by atoms with E-state index in [4.69, 9.17) is 9.40 Å². The SMILES string of the molecule is Cc1cc(F)ccc1-c1nc2occn2c1-c1ccnc(NC2C[C@H]3CC[C@@H](C2)N3C)n1. The van der Waals surface area contributed by atoms with Crippen molar-refractivity contribution >= 4 is 11.8 Å². The Kier molecular flexibility index (Phi) is 4.50. The molecule has 4 aromatic rings. The van der Waals surface area contributed by atoms with E-state index >= 15 is 0 Å². The van der Waals surface area contributed by atoms with Crippen LogP contribution in [0.5, 0.6) is 0 Å². The Bertz CT molecular complexity index is 1280. The average molecular weight is 433 g/mol. The van der Waals surface area contributed by atoms with E-state index in [1.54, 1.807) is 18.5 Å². The number of oxazole rings is 1. The van der Waals surface area contributed by atoms with E-state index in [0.29, 0.717) is 35.6 Å². The summed E-state index contributed by atoms with van der Waals surface area (Å²) in [7, 11) is 2.24. The van der Waals surface area contributed by atoms with Gasteiger partial charge in [0.15, 0.2) is 0 Å². The van der Waals surface area contributed by atoms with Crippen LogP contribution in [0.3, 0.4) is 0 Å². The van der Waals surface area contributed by atoms with Gasteiger partial charge in [-0.3, -0.25) is 4.40 Å². The number of aryl methyl sites for hydroxylation is 1. The molecule has 0 aliphatic carbocycles. The molecule has 0 spiro atoms. The van der Waals surface area contributed by atoms with Crippen LogP contribution in [0, 0.1) is 12.7 Å². The van der Waals surface area contributed by atoms with Crippen LogP contribution in [0.15, 0.2) is 47.3 Å². The predicted octanol–water partition coefficient (Wildman–Crippen LogP) is 4.54. The summed E-state index contributed by atoms with van der Waals surface area (Å²) in [6, 6.07) is 8.26. The summed E-state index contributed by atoms with van der Waals surface area (Å²) >= 11 is 0. The number of nitrogens with one attached hydrogen (secondary N) is 1. The van der Waals surface area contributed by atoms with Crippen LogP contribution in [-0.2, 0) is 0 Å². The summed E-state index contributed by atoms with van der Waals surface area (Å²) in [6.45, 7) is 1.88. The van der Waals surface area contributed by atoms with Gasteiger partial charge in [-0.1, -0.05) is 0 Å². The fourth-order valence-corrected chi connectivity index (χ4v) is 5.38. The molecule has 7 nitrogen and oxygen atoms in total.